The van der Waals surface area contributed by atoms with E-state index in [0.29, 0.717) is 30.2 Å². The first-order chi connectivity index (χ1) is 52.5. The third-order valence-corrected chi connectivity index (χ3v) is 30.6. The van der Waals surface area contributed by atoms with Crippen LogP contribution in [0.25, 0.3) is 51.1 Å². The maximum Gasteiger partial charge on any atom is 0.138 e. The van der Waals surface area contributed by atoms with Crippen LogP contribution in [0.1, 0.15) is 252 Å². The summed E-state index contributed by atoms with van der Waals surface area (Å²) >= 11 is 9.24. The highest BCUT2D eigenvalue weighted by atomic mass is 32.1. The Kier molecular flexibility index (Phi) is 25.9. The number of aryl methyl sites for hydroxylation is 10. The van der Waals surface area contributed by atoms with Crippen molar-refractivity contribution in [2.45, 2.75) is 325 Å². The molecule has 10 aliphatic carbocycles. The number of nitrogens with zero attached hydrogens (tertiary/aromatic N) is 11. The zero-order valence-electron chi connectivity index (χ0n) is 62.7. The van der Waals surface area contributed by atoms with Crippen LogP contribution >= 0.6 is 56.7 Å². The van der Waals surface area contributed by atoms with Gasteiger partial charge < -0.3 is 51.9 Å². The molecule has 20 rings (SSSR count). The van der Waals surface area contributed by atoms with E-state index in [0.717, 1.165) is 170 Å². The molecule has 9 N–H and O–H groups in total. The van der Waals surface area contributed by atoms with Crippen molar-refractivity contribution in [3.8, 4) is 0 Å². The van der Waals surface area contributed by atoms with Crippen molar-refractivity contribution in [3.63, 3.8) is 0 Å². The predicted molar refractivity (Wildman–Crippen MR) is 448 cm³/mol. The largest absolute Gasteiger partial charge is 0.393 e. The number of thiophene rings is 5. The zero-order chi connectivity index (χ0) is 72.7. The summed E-state index contributed by atoms with van der Waals surface area (Å²) in [5, 5.41) is 63.5. The fourth-order valence-corrected chi connectivity index (χ4v) is 24.9. The molecule has 10 heterocycles. The molecule has 20 nitrogen and oxygen atoms in total. The summed E-state index contributed by atoms with van der Waals surface area (Å²) in [4.78, 5) is 60.8. The number of fused-ring (bicyclic) bond motifs is 15. The topological polar surface area (TPSA) is 273 Å². The van der Waals surface area contributed by atoms with Crippen molar-refractivity contribution in [3.05, 3.63) is 83.8 Å². The number of anilines is 5. The van der Waals surface area contributed by atoms with Gasteiger partial charge in [-0.3, -0.25) is 0 Å². The van der Waals surface area contributed by atoms with Crippen LogP contribution in [0.5, 0.6) is 0 Å². The fourth-order valence-electron chi connectivity index (χ4n) is 18.7. The molecule has 0 aromatic carbocycles. The smallest absolute Gasteiger partial charge is 0.138 e. The van der Waals surface area contributed by atoms with Crippen molar-refractivity contribution in [1.82, 2.24) is 54.7 Å². The summed E-state index contributed by atoms with van der Waals surface area (Å²) in [6, 6.07) is 2.85. The van der Waals surface area contributed by atoms with Crippen LogP contribution < -0.4 is 26.6 Å². The number of nitrogens with one attached hydrogen (secondary N) is 5. The predicted octanol–water partition coefficient (Wildman–Crippen LogP) is 17.6. The van der Waals surface area contributed by atoms with E-state index in [-0.39, 0.29) is 31.8 Å². The zero-order valence-corrected chi connectivity index (χ0v) is 66.8. The Morgan fingerprint density at radius 3 is 0.769 bits per heavy atom. The first kappa shape index (κ1) is 77.3. The van der Waals surface area contributed by atoms with Crippen molar-refractivity contribution in [1.29, 1.82) is 0 Å². The minimum atomic E-state index is -0.162. The van der Waals surface area contributed by atoms with Crippen LogP contribution in [0.15, 0.2) is 31.6 Å². The number of hydrogen-bond acceptors (Lipinski definition) is 25. The number of aromatic nitrogens is 10. The molecule has 108 heavy (non-hydrogen) atoms. The Labute approximate surface area is 656 Å². The van der Waals surface area contributed by atoms with Crippen LogP contribution in [-0.2, 0) is 64.2 Å². The molecular formula is C83H114N16O4S5. The third kappa shape index (κ3) is 18.1. The van der Waals surface area contributed by atoms with Crippen molar-refractivity contribution in [2.24, 2.45) is 0 Å². The Morgan fingerprint density at radius 1 is 0.278 bits per heavy atom. The maximum atomic E-state index is 9.85. The normalized spacial score (nSPS) is 25.3. The van der Waals surface area contributed by atoms with E-state index < -0.39 is 0 Å². The molecule has 10 aromatic rings. The van der Waals surface area contributed by atoms with E-state index in [4.69, 9.17) is 0 Å². The number of aliphatic hydroxyl groups excluding tert-OH is 4. The summed E-state index contributed by atoms with van der Waals surface area (Å²) in [6.45, 7) is 0. The van der Waals surface area contributed by atoms with Gasteiger partial charge in [-0.2, -0.15) is 0 Å². The molecule has 0 spiro atoms. The molecule has 10 aromatic heterocycles. The quantitative estimate of drug-likeness (QED) is 0.0582. The lowest BCUT2D eigenvalue weighted by Crippen LogP contribution is -2.36. The minimum Gasteiger partial charge on any atom is -0.393 e. The molecule has 5 saturated carbocycles. The van der Waals surface area contributed by atoms with E-state index in [9.17, 15) is 20.4 Å². The average molecular weight is 1560 g/mol. The summed E-state index contributed by atoms with van der Waals surface area (Å²) in [5.41, 5.74) is 7.45. The van der Waals surface area contributed by atoms with E-state index >= 15 is 0 Å². The minimum absolute atomic E-state index is 0. The molecule has 5 fully saturated rings. The van der Waals surface area contributed by atoms with Gasteiger partial charge in [0, 0.05) is 60.6 Å². The van der Waals surface area contributed by atoms with E-state index in [1.807, 2.05) is 56.7 Å². The van der Waals surface area contributed by atoms with Crippen molar-refractivity contribution < 1.29 is 20.4 Å². The summed E-state index contributed by atoms with van der Waals surface area (Å²) in [7, 11) is 4.40. The highest BCUT2D eigenvalue weighted by Gasteiger charge is 2.31. The Hall–Kier alpha value is -6.00. The maximum absolute atomic E-state index is 9.85. The van der Waals surface area contributed by atoms with E-state index in [1.165, 1.54) is 220 Å². The SMILES string of the molecule is C.CN(C)C1CCC(Nc2ncnc3sc4c(c23)CCCC4)CC1.OC1CCC(Nc2ncnc3sc4c(c23)CCCC4)CC1.OC1CCC(Nc2ncnc3sc4c(c23)CCCC4)CC1.OC1CCCC(Nc2ncnc3sc4c(c23)CCCC4)C1.OC1CCCC(Nc2ncnc3sc4c(c23)CCCC4)C1. The van der Waals surface area contributed by atoms with Gasteiger partial charge in [0.15, 0.2) is 0 Å². The lowest BCUT2D eigenvalue weighted by molar-refractivity contribution is 0.124. The monoisotopic (exact) mass is 1560 g/mol. The van der Waals surface area contributed by atoms with E-state index in [1.54, 1.807) is 36.5 Å². The standard InChI is InChI=1S/C18H26N4S.4C16H21N3OS.CH4/c1-22(2)13-9-7-12(8-10-13)21-17-16-14-5-3-4-6-15(14)23-18(16)20-11-19-17;2*20-11-5-3-4-10(8-11)19-15-14-12-6-1-2-7-13(12)21-16(14)18-9-17-15;2*20-11-7-5-10(6-8-11)19-15-14-12-3-1-2-4-13(12)21-16(14)18-9-17-15;/h11-13H,3-10H2,1-2H3,(H,19,20,21);4*9-11,20H,1-8H2,(H,17,18,19);1H4. The van der Waals surface area contributed by atoms with Crippen LogP contribution in [0, 0.1) is 0 Å². The Bertz CT molecular complexity index is 4400. The average Bonchev–Trinajstić information content (AvgIpc) is 1.65. The lowest BCUT2D eigenvalue weighted by Gasteiger charge is -2.33. The number of aliphatic hydroxyl groups is 4. The molecule has 580 valence electrons. The molecule has 0 saturated heterocycles. The van der Waals surface area contributed by atoms with Crippen LogP contribution in [0.4, 0.5) is 29.1 Å². The first-order valence-corrected chi connectivity index (χ1v) is 45.0. The molecular weight excluding hydrogens is 1450 g/mol. The highest BCUT2D eigenvalue weighted by molar-refractivity contribution is 7.20. The number of rotatable bonds is 11. The van der Waals surface area contributed by atoms with Crippen LogP contribution in [-0.4, -0.2) is 150 Å². The van der Waals surface area contributed by atoms with Gasteiger partial charge in [0.05, 0.1) is 51.3 Å². The van der Waals surface area contributed by atoms with Gasteiger partial charge >= 0.3 is 0 Å². The molecule has 0 amide bonds. The second-order valence-electron chi connectivity index (χ2n) is 32.3. The van der Waals surface area contributed by atoms with Crippen LogP contribution in [0.3, 0.4) is 0 Å². The molecule has 25 heteroatoms. The lowest BCUT2D eigenvalue weighted by atomic mass is 9.90. The summed E-state index contributed by atoms with van der Waals surface area (Å²) in [6.07, 6.45) is 53.4. The second kappa shape index (κ2) is 36.2. The molecule has 0 radical (unpaired) electrons. The molecule has 4 unspecified atom stereocenters. The molecule has 0 bridgehead atoms. The fraction of sp³-hybridized carbons (Fsp3) is 0.639. The molecule has 0 aliphatic heterocycles. The molecule has 4 atom stereocenters. The van der Waals surface area contributed by atoms with Gasteiger partial charge in [-0.1, -0.05) is 7.43 Å². The van der Waals surface area contributed by atoms with E-state index in [2.05, 4.69) is 95.4 Å². The number of hydrogen-bond donors (Lipinski definition) is 9. The van der Waals surface area contributed by atoms with Gasteiger partial charge in [0.25, 0.3) is 0 Å². The Morgan fingerprint density at radius 2 is 0.519 bits per heavy atom. The first-order valence-electron chi connectivity index (χ1n) is 40.9. The van der Waals surface area contributed by atoms with Crippen LogP contribution in [0.2, 0.25) is 0 Å². The summed E-state index contributed by atoms with van der Waals surface area (Å²) < 4.78 is 0. The Balaban J connectivity index is 0.000000107. The molecule has 10 aliphatic rings. The van der Waals surface area contributed by atoms with Gasteiger partial charge in [-0.05, 0) is 299 Å². The highest BCUT2D eigenvalue weighted by Crippen LogP contribution is 2.45. The van der Waals surface area contributed by atoms with Gasteiger partial charge in [-0.15, -0.1) is 56.7 Å². The van der Waals surface area contributed by atoms with Crippen molar-refractivity contribution >= 4 is 137 Å². The summed E-state index contributed by atoms with van der Waals surface area (Å²) in [5.74, 6) is 5.08. The second-order valence-corrected chi connectivity index (χ2v) is 37.7. The van der Waals surface area contributed by atoms with Gasteiger partial charge in [-0.25, -0.2) is 49.8 Å². The van der Waals surface area contributed by atoms with Gasteiger partial charge in [0.1, 0.15) is 84.9 Å². The third-order valence-electron chi connectivity index (χ3n) is 24.6. The van der Waals surface area contributed by atoms with Crippen molar-refractivity contribution in [2.75, 3.05) is 40.7 Å². The van der Waals surface area contributed by atoms with Gasteiger partial charge in [0.2, 0.25) is 0 Å².